The minimum atomic E-state index is -0.544. The van der Waals surface area contributed by atoms with Crippen LogP contribution < -0.4 is 10.6 Å². The molecule has 0 heterocycles. The van der Waals surface area contributed by atoms with Gasteiger partial charge in [-0.2, -0.15) is 0 Å². The average molecular weight is 469 g/mol. The summed E-state index contributed by atoms with van der Waals surface area (Å²) < 4.78 is 0. The minimum Gasteiger partial charge on any atom is -0.389 e. The topological polar surface area (TPSA) is 44.3 Å². The van der Waals surface area contributed by atoms with E-state index in [1.807, 2.05) is 44.4 Å². The van der Waals surface area contributed by atoms with Gasteiger partial charge in [0.15, 0.2) is 0 Å². The third-order valence-corrected chi connectivity index (χ3v) is 5.80. The van der Waals surface area contributed by atoms with Crippen LogP contribution in [0.5, 0.6) is 0 Å². The molecule has 3 aromatic rings. The van der Waals surface area contributed by atoms with Crippen LogP contribution in [0.2, 0.25) is 0 Å². The van der Waals surface area contributed by atoms with Gasteiger partial charge in [0.2, 0.25) is 0 Å². The Morgan fingerprint density at radius 1 is 0.857 bits per heavy atom. The summed E-state index contributed by atoms with van der Waals surface area (Å²) >= 11 is 0. The van der Waals surface area contributed by atoms with Gasteiger partial charge >= 0.3 is 0 Å². The second-order valence-electron chi connectivity index (χ2n) is 9.55. The summed E-state index contributed by atoms with van der Waals surface area (Å²) in [4.78, 5) is 0. The third-order valence-electron chi connectivity index (χ3n) is 5.80. The van der Waals surface area contributed by atoms with E-state index < -0.39 is 6.10 Å². The molecule has 0 aliphatic rings. The lowest BCUT2D eigenvalue weighted by Crippen LogP contribution is -2.10. The average Bonchev–Trinajstić information content (AvgIpc) is 2.87. The number of allylic oxidation sites excluding steroid dienone is 2. The van der Waals surface area contributed by atoms with Crippen molar-refractivity contribution < 1.29 is 5.11 Å². The quantitative estimate of drug-likeness (QED) is 0.309. The van der Waals surface area contributed by atoms with Crippen LogP contribution >= 0.6 is 0 Å². The van der Waals surface area contributed by atoms with E-state index in [9.17, 15) is 5.11 Å². The van der Waals surface area contributed by atoms with Crippen molar-refractivity contribution in [1.29, 1.82) is 0 Å². The summed E-state index contributed by atoms with van der Waals surface area (Å²) in [7, 11) is 3.83. The van der Waals surface area contributed by atoms with Crippen LogP contribution in [0.4, 0.5) is 11.4 Å². The molecule has 3 rings (SSSR count). The van der Waals surface area contributed by atoms with Crippen LogP contribution in [0.3, 0.4) is 0 Å². The predicted octanol–water partition coefficient (Wildman–Crippen LogP) is 7.93. The molecule has 184 valence electrons. The maximum absolute atomic E-state index is 9.42. The largest absolute Gasteiger partial charge is 0.389 e. The molecule has 3 aromatic carbocycles. The molecule has 0 aromatic heterocycles. The Labute approximate surface area is 211 Å². The number of aliphatic hydroxyl groups is 1. The molecule has 0 saturated heterocycles. The maximum atomic E-state index is 9.42. The van der Waals surface area contributed by atoms with E-state index in [2.05, 4.69) is 93.1 Å². The lowest BCUT2D eigenvalue weighted by Gasteiger charge is -2.20. The zero-order valence-electron chi connectivity index (χ0n) is 22.0. The first-order valence-corrected chi connectivity index (χ1v) is 12.0. The monoisotopic (exact) mass is 468 g/mol. The van der Waals surface area contributed by atoms with Gasteiger partial charge in [-0.1, -0.05) is 88.5 Å². The minimum absolute atomic E-state index is 0.191. The summed E-state index contributed by atoms with van der Waals surface area (Å²) in [6.07, 6.45) is 3.08. The molecule has 1 atom stereocenters. The highest BCUT2D eigenvalue weighted by molar-refractivity contribution is 5.77. The highest BCUT2D eigenvalue weighted by Crippen LogP contribution is 2.28. The van der Waals surface area contributed by atoms with Crippen LogP contribution in [-0.2, 0) is 5.41 Å². The first-order chi connectivity index (χ1) is 16.6. The van der Waals surface area contributed by atoms with Gasteiger partial charge in [-0.3, -0.25) is 0 Å². The van der Waals surface area contributed by atoms with Crippen molar-refractivity contribution in [3.05, 3.63) is 115 Å². The first kappa shape index (κ1) is 27.7. The van der Waals surface area contributed by atoms with Gasteiger partial charge in [0.05, 0.1) is 6.10 Å². The summed E-state index contributed by atoms with van der Waals surface area (Å²) in [5.74, 6) is 0. The second-order valence-corrected chi connectivity index (χ2v) is 9.55. The second kappa shape index (κ2) is 12.8. The van der Waals surface area contributed by atoms with Gasteiger partial charge in [-0.25, -0.2) is 0 Å². The summed E-state index contributed by atoms with van der Waals surface area (Å²) in [5.41, 5.74) is 8.96. The van der Waals surface area contributed by atoms with Gasteiger partial charge in [-0.15, -0.1) is 0 Å². The van der Waals surface area contributed by atoms with E-state index in [0.717, 1.165) is 22.5 Å². The highest BCUT2D eigenvalue weighted by atomic mass is 16.3. The van der Waals surface area contributed by atoms with Crippen LogP contribution in [0.1, 0.15) is 38.8 Å². The summed E-state index contributed by atoms with van der Waals surface area (Å²) in [5, 5.41) is 15.7. The predicted molar refractivity (Wildman–Crippen MR) is 155 cm³/mol. The third kappa shape index (κ3) is 8.31. The molecule has 0 bridgehead atoms. The fraction of sp³-hybridized carbons (Fsp3) is 0.250. The lowest BCUT2D eigenvalue weighted by atomic mass is 9.85. The van der Waals surface area contributed by atoms with Gasteiger partial charge in [0.1, 0.15) is 0 Å². The molecule has 0 fully saturated rings. The molecular formula is C32H40N2O. The normalized spacial score (nSPS) is 12.1. The summed E-state index contributed by atoms with van der Waals surface area (Å²) in [6.45, 7) is 16.1. The van der Waals surface area contributed by atoms with E-state index in [4.69, 9.17) is 0 Å². The van der Waals surface area contributed by atoms with Crippen molar-refractivity contribution in [3.63, 3.8) is 0 Å². The zero-order valence-corrected chi connectivity index (χ0v) is 22.0. The number of aliphatic hydroxyl groups excluding tert-OH is 1. The van der Waals surface area contributed by atoms with Crippen molar-refractivity contribution in [3.8, 4) is 11.1 Å². The molecular weight excluding hydrogens is 428 g/mol. The summed E-state index contributed by atoms with van der Waals surface area (Å²) in [6, 6.07) is 25.3. The van der Waals surface area contributed by atoms with E-state index in [0.29, 0.717) is 5.57 Å². The Morgan fingerprint density at radius 2 is 1.40 bits per heavy atom. The van der Waals surface area contributed by atoms with Gasteiger partial charge in [0, 0.05) is 25.5 Å². The van der Waals surface area contributed by atoms with Crippen LogP contribution in [0.25, 0.3) is 16.7 Å². The standard InChI is InChI=1S/C17H21N.C15H19NO/c1-17(2,3)15-9-5-7-13(11-15)14-8-6-10-16(12-14)18-4;1-5-13(9-11(2)12(3)17)14-7-6-8-15(10-14)16-4/h5-12,18H,1-4H3;5-10,12,16-17H,1-2H2,3-4H3/b;13-9+. The fourth-order valence-corrected chi connectivity index (χ4v) is 3.45. The molecule has 0 radical (unpaired) electrons. The van der Waals surface area contributed by atoms with Crippen molar-refractivity contribution in [2.24, 2.45) is 0 Å². The van der Waals surface area contributed by atoms with Crippen molar-refractivity contribution >= 4 is 16.9 Å². The first-order valence-electron chi connectivity index (χ1n) is 12.0. The number of anilines is 2. The van der Waals surface area contributed by atoms with Gasteiger partial charge in [0.25, 0.3) is 0 Å². The highest BCUT2D eigenvalue weighted by Gasteiger charge is 2.14. The van der Waals surface area contributed by atoms with Crippen molar-refractivity contribution in [2.45, 2.75) is 39.2 Å². The number of hydrogen-bond donors (Lipinski definition) is 3. The van der Waals surface area contributed by atoms with Crippen molar-refractivity contribution in [2.75, 3.05) is 24.7 Å². The van der Waals surface area contributed by atoms with E-state index in [-0.39, 0.29) is 5.41 Å². The number of nitrogens with one attached hydrogen (secondary N) is 2. The Morgan fingerprint density at radius 3 is 1.94 bits per heavy atom. The molecule has 3 nitrogen and oxygen atoms in total. The molecule has 35 heavy (non-hydrogen) atoms. The molecule has 0 aliphatic carbocycles. The van der Waals surface area contributed by atoms with E-state index >= 15 is 0 Å². The van der Waals surface area contributed by atoms with E-state index in [1.54, 1.807) is 13.0 Å². The van der Waals surface area contributed by atoms with Crippen LogP contribution in [-0.4, -0.2) is 25.3 Å². The molecule has 3 heteroatoms. The molecule has 3 N–H and O–H groups in total. The number of hydrogen-bond acceptors (Lipinski definition) is 3. The molecule has 0 aliphatic heterocycles. The molecule has 0 amide bonds. The maximum Gasteiger partial charge on any atom is 0.0756 e. The smallest absolute Gasteiger partial charge is 0.0756 e. The number of benzene rings is 3. The fourth-order valence-electron chi connectivity index (χ4n) is 3.45. The zero-order chi connectivity index (χ0) is 26.0. The Balaban J connectivity index is 0.000000247. The molecule has 1 unspecified atom stereocenters. The lowest BCUT2D eigenvalue weighted by molar-refractivity contribution is 0.236. The molecule has 0 spiro atoms. The van der Waals surface area contributed by atoms with Gasteiger partial charge in [-0.05, 0) is 76.1 Å². The van der Waals surface area contributed by atoms with Crippen LogP contribution in [0.15, 0.2) is 104 Å². The Bertz CT molecular complexity index is 1170. The SMILES string of the molecule is C=C/C(=C\C(=C)C(C)O)c1cccc(NC)c1.CNc1cccc(-c2cccc(C(C)(C)C)c2)c1. The van der Waals surface area contributed by atoms with Crippen LogP contribution in [0, 0.1) is 0 Å². The molecule has 0 saturated carbocycles. The van der Waals surface area contributed by atoms with Crippen molar-refractivity contribution in [1.82, 2.24) is 0 Å². The Hall–Kier alpha value is -3.56. The number of rotatable bonds is 7. The van der Waals surface area contributed by atoms with E-state index in [1.165, 1.54) is 16.7 Å². The van der Waals surface area contributed by atoms with Gasteiger partial charge < -0.3 is 15.7 Å². The Kier molecular flexibility index (Phi) is 10.1.